The zero-order valence-corrected chi connectivity index (χ0v) is 16.7. The van der Waals surface area contributed by atoms with E-state index in [0.717, 1.165) is 30.0 Å². The number of aromatic nitrogens is 1. The van der Waals surface area contributed by atoms with Crippen molar-refractivity contribution in [2.45, 2.75) is 33.7 Å². The van der Waals surface area contributed by atoms with Crippen molar-refractivity contribution in [1.82, 2.24) is 14.4 Å². The summed E-state index contributed by atoms with van der Waals surface area (Å²) in [5.74, 6) is 0.269. The largest absolute Gasteiger partial charge is 0.341 e. The van der Waals surface area contributed by atoms with Crippen LogP contribution >= 0.6 is 0 Å². The summed E-state index contributed by atoms with van der Waals surface area (Å²) in [4.78, 5) is 28.4. The number of rotatable bonds is 5. The minimum atomic E-state index is 0.111. The molecular weight excluding hydrogens is 338 g/mol. The van der Waals surface area contributed by atoms with Crippen molar-refractivity contribution in [2.24, 2.45) is 0 Å². The highest BCUT2D eigenvalue weighted by Gasteiger charge is 2.24. The summed E-state index contributed by atoms with van der Waals surface area (Å²) in [5.41, 5.74) is 4.17. The van der Waals surface area contributed by atoms with Gasteiger partial charge < -0.3 is 9.47 Å². The Morgan fingerprint density at radius 2 is 1.67 bits per heavy atom. The highest BCUT2D eigenvalue weighted by molar-refractivity contribution is 5.99. The van der Waals surface area contributed by atoms with Gasteiger partial charge >= 0.3 is 0 Å². The van der Waals surface area contributed by atoms with Gasteiger partial charge in [-0.1, -0.05) is 30.3 Å². The van der Waals surface area contributed by atoms with Crippen molar-refractivity contribution in [3.8, 4) is 0 Å². The molecule has 0 aliphatic carbocycles. The Labute approximate surface area is 161 Å². The summed E-state index contributed by atoms with van der Waals surface area (Å²) in [7, 11) is 0. The molecule has 3 rings (SSSR count). The highest BCUT2D eigenvalue weighted by Crippen LogP contribution is 2.26. The van der Waals surface area contributed by atoms with Gasteiger partial charge in [0, 0.05) is 50.1 Å². The maximum absolute atomic E-state index is 12.9. The van der Waals surface area contributed by atoms with Crippen LogP contribution in [-0.4, -0.2) is 58.8 Å². The Balaban J connectivity index is 1.72. The zero-order valence-electron chi connectivity index (χ0n) is 16.7. The van der Waals surface area contributed by atoms with E-state index in [-0.39, 0.29) is 17.7 Å². The third-order valence-corrected chi connectivity index (χ3v) is 5.64. The van der Waals surface area contributed by atoms with E-state index in [9.17, 15) is 9.59 Å². The summed E-state index contributed by atoms with van der Waals surface area (Å²) in [5, 5.41) is 0. The van der Waals surface area contributed by atoms with Crippen LogP contribution in [0.15, 0.2) is 36.4 Å². The van der Waals surface area contributed by atoms with E-state index in [1.807, 2.05) is 36.1 Å². The number of hydrogen-bond donors (Lipinski definition) is 0. The standard InChI is InChI=1S/C22H29N3O2/c1-16-14-21(18(3)25(16)17(2)20-8-6-5-7-9-20)22(27)15-23-10-12-24(13-11-23)19(4)26/h5-9,14,17H,10-13,15H2,1-4H3/t17-/m1/s1. The van der Waals surface area contributed by atoms with E-state index in [2.05, 4.69) is 35.4 Å². The van der Waals surface area contributed by atoms with E-state index < -0.39 is 0 Å². The van der Waals surface area contributed by atoms with Gasteiger partial charge in [0.15, 0.2) is 5.78 Å². The van der Waals surface area contributed by atoms with E-state index >= 15 is 0 Å². The molecule has 0 radical (unpaired) electrons. The number of carbonyl (C=O) groups is 2. The van der Waals surface area contributed by atoms with Crippen LogP contribution in [0, 0.1) is 13.8 Å². The molecule has 5 heteroatoms. The maximum atomic E-state index is 12.9. The number of Topliss-reactive ketones (excluding diaryl/α,β-unsaturated/α-hetero) is 1. The molecular formula is C22H29N3O2. The first-order chi connectivity index (χ1) is 12.9. The van der Waals surface area contributed by atoms with Gasteiger partial charge in [0.1, 0.15) is 0 Å². The van der Waals surface area contributed by atoms with Crippen LogP contribution in [-0.2, 0) is 4.79 Å². The molecule has 0 spiro atoms. The van der Waals surface area contributed by atoms with Crippen LogP contribution in [0.25, 0.3) is 0 Å². The van der Waals surface area contributed by atoms with Crippen molar-refractivity contribution in [3.63, 3.8) is 0 Å². The van der Waals surface area contributed by atoms with Gasteiger partial charge in [-0.25, -0.2) is 0 Å². The number of nitrogens with zero attached hydrogens (tertiary/aromatic N) is 3. The van der Waals surface area contributed by atoms with Crippen molar-refractivity contribution < 1.29 is 9.59 Å². The molecule has 1 fully saturated rings. The average molecular weight is 367 g/mol. The molecule has 1 saturated heterocycles. The van der Waals surface area contributed by atoms with Gasteiger partial charge in [0.2, 0.25) is 5.91 Å². The van der Waals surface area contributed by atoms with Crippen molar-refractivity contribution in [3.05, 3.63) is 58.9 Å². The zero-order chi connectivity index (χ0) is 19.6. The van der Waals surface area contributed by atoms with Crippen molar-refractivity contribution in [2.75, 3.05) is 32.7 Å². The van der Waals surface area contributed by atoms with Gasteiger partial charge in [-0.2, -0.15) is 0 Å². The first-order valence-corrected chi connectivity index (χ1v) is 9.63. The second-order valence-corrected chi connectivity index (χ2v) is 7.45. The molecule has 1 aromatic heterocycles. The maximum Gasteiger partial charge on any atom is 0.219 e. The highest BCUT2D eigenvalue weighted by atomic mass is 16.2. The summed E-state index contributed by atoms with van der Waals surface area (Å²) in [6, 6.07) is 12.6. The first-order valence-electron chi connectivity index (χ1n) is 9.63. The topological polar surface area (TPSA) is 45.6 Å². The molecule has 1 aliphatic heterocycles. The minimum Gasteiger partial charge on any atom is -0.341 e. The van der Waals surface area contributed by atoms with Gasteiger partial charge in [-0.15, -0.1) is 0 Å². The molecule has 0 unspecified atom stereocenters. The second kappa shape index (κ2) is 8.09. The fourth-order valence-electron chi connectivity index (χ4n) is 4.05. The van der Waals surface area contributed by atoms with Crippen LogP contribution in [0.4, 0.5) is 0 Å². The van der Waals surface area contributed by atoms with Crippen LogP contribution in [0.5, 0.6) is 0 Å². The molecule has 1 amide bonds. The molecule has 2 aromatic rings. The lowest BCUT2D eigenvalue weighted by Gasteiger charge is -2.33. The van der Waals surface area contributed by atoms with Crippen molar-refractivity contribution >= 4 is 11.7 Å². The number of aryl methyl sites for hydroxylation is 1. The van der Waals surface area contributed by atoms with E-state index in [1.54, 1.807) is 6.92 Å². The molecule has 2 heterocycles. The number of hydrogen-bond acceptors (Lipinski definition) is 3. The van der Waals surface area contributed by atoms with Gasteiger partial charge in [0.25, 0.3) is 0 Å². The lowest BCUT2D eigenvalue weighted by atomic mass is 10.1. The van der Waals surface area contributed by atoms with Crippen LogP contribution in [0.1, 0.15) is 47.2 Å². The fraction of sp³-hybridized carbons (Fsp3) is 0.455. The van der Waals surface area contributed by atoms with E-state index in [0.29, 0.717) is 19.6 Å². The molecule has 1 aromatic carbocycles. The predicted octanol–water partition coefficient (Wildman–Crippen LogP) is 3.06. The first kappa shape index (κ1) is 19.4. The molecule has 27 heavy (non-hydrogen) atoms. The summed E-state index contributed by atoms with van der Waals surface area (Å²) in [6.07, 6.45) is 0. The smallest absolute Gasteiger partial charge is 0.219 e. The van der Waals surface area contributed by atoms with Crippen LogP contribution in [0.3, 0.4) is 0 Å². The molecule has 0 bridgehead atoms. The molecule has 144 valence electrons. The van der Waals surface area contributed by atoms with Gasteiger partial charge in [-0.3, -0.25) is 14.5 Å². The van der Waals surface area contributed by atoms with E-state index in [1.165, 1.54) is 5.56 Å². The molecule has 5 nitrogen and oxygen atoms in total. The number of benzene rings is 1. The SMILES string of the molecule is CC(=O)N1CCN(CC(=O)c2cc(C)n([C@H](C)c3ccccc3)c2C)CC1. The Morgan fingerprint density at radius 3 is 2.26 bits per heavy atom. The quantitative estimate of drug-likeness (QED) is 0.763. The van der Waals surface area contributed by atoms with Gasteiger partial charge in [-0.05, 0) is 32.4 Å². The summed E-state index contributed by atoms with van der Waals surface area (Å²) >= 11 is 0. The molecule has 0 N–H and O–H groups in total. The number of carbonyl (C=O) groups excluding carboxylic acids is 2. The number of ketones is 1. The van der Waals surface area contributed by atoms with Gasteiger partial charge in [0.05, 0.1) is 12.6 Å². The monoisotopic (exact) mass is 367 g/mol. The Morgan fingerprint density at radius 1 is 1.04 bits per heavy atom. The lowest BCUT2D eigenvalue weighted by Crippen LogP contribution is -2.49. The summed E-state index contributed by atoms with van der Waals surface area (Å²) in [6.45, 7) is 11.2. The lowest BCUT2D eigenvalue weighted by molar-refractivity contribution is -0.130. The number of piperazine rings is 1. The Bertz CT molecular complexity index is 818. The Kier molecular flexibility index (Phi) is 5.80. The second-order valence-electron chi connectivity index (χ2n) is 7.45. The van der Waals surface area contributed by atoms with Crippen molar-refractivity contribution in [1.29, 1.82) is 0 Å². The molecule has 1 aliphatic rings. The molecule has 1 atom stereocenters. The predicted molar refractivity (Wildman–Crippen MR) is 107 cm³/mol. The van der Waals surface area contributed by atoms with E-state index in [4.69, 9.17) is 0 Å². The fourth-order valence-corrected chi connectivity index (χ4v) is 4.05. The minimum absolute atomic E-state index is 0.111. The summed E-state index contributed by atoms with van der Waals surface area (Å²) < 4.78 is 2.25. The third kappa shape index (κ3) is 4.14. The normalized spacial score (nSPS) is 16.4. The van der Waals surface area contributed by atoms with Crippen LogP contribution in [0.2, 0.25) is 0 Å². The van der Waals surface area contributed by atoms with Crippen LogP contribution < -0.4 is 0 Å². The average Bonchev–Trinajstić information content (AvgIpc) is 2.96. The Hall–Kier alpha value is -2.40. The third-order valence-electron chi connectivity index (χ3n) is 5.64. The number of amides is 1. The molecule has 0 saturated carbocycles.